The van der Waals surface area contributed by atoms with Crippen molar-refractivity contribution in [3.63, 3.8) is 0 Å². The summed E-state index contributed by atoms with van der Waals surface area (Å²) in [4.78, 5) is 0. The molecule has 0 spiro atoms. The molecule has 7 heavy (non-hydrogen) atoms. The summed E-state index contributed by atoms with van der Waals surface area (Å²) in [5.74, 6) is 0. The van der Waals surface area contributed by atoms with Crippen molar-refractivity contribution in [2.75, 3.05) is 0 Å². The Morgan fingerprint density at radius 2 is 2.29 bits per heavy atom. The van der Waals surface area contributed by atoms with Crippen molar-refractivity contribution in [3.05, 3.63) is 23.3 Å². The molecule has 0 aromatic heterocycles. The van der Waals surface area contributed by atoms with Crippen LogP contribution in [0.2, 0.25) is 0 Å². The van der Waals surface area contributed by atoms with Gasteiger partial charge in [-0.25, -0.2) is 0 Å². The van der Waals surface area contributed by atoms with Crippen LogP contribution in [0.4, 0.5) is 0 Å². The minimum absolute atomic E-state index is 0.0208. The Kier molecular flexibility index (Phi) is 1.40. The first-order valence-electron chi connectivity index (χ1n) is 1.98. The molecule has 0 saturated carbocycles. The van der Waals surface area contributed by atoms with E-state index in [1.54, 1.807) is 12.2 Å². The standard InChI is InChI=1S/C5H4Cl2/c6-4-1-2-5(7)3-4/h1-4H. The fourth-order valence-corrected chi connectivity index (χ4v) is 0.928. The second kappa shape index (κ2) is 1.89. The van der Waals surface area contributed by atoms with Gasteiger partial charge in [0.25, 0.3) is 0 Å². The average Bonchev–Trinajstić information content (AvgIpc) is 1.87. The third kappa shape index (κ3) is 1.22. The van der Waals surface area contributed by atoms with E-state index in [1.165, 1.54) is 0 Å². The minimum Gasteiger partial charge on any atom is -0.114 e. The molecular weight excluding hydrogens is 131 g/mol. The Morgan fingerprint density at radius 3 is 2.43 bits per heavy atom. The fourth-order valence-electron chi connectivity index (χ4n) is 0.447. The lowest BCUT2D eigenvalue weighted by Gasteiger charge is -1.81. The first-order valence-corrected chi connectivity index (χ1v) is 2.80. The quantitative estimate of drug-likeness (QED) is 0.447. The molecule has 38 valence electrons. The van der Waals surface area contributed by atoms with Gasteiger partial charge in [-0.15, -0.1) is 11.6 Å². The summed E-state index contributed by atoms with van der Waals surface area (Å²) in [5, 5.41) is 0.757. The molecule has 0 fully saturated rings. The van der Waals surface area contributed by atoms with Gasteiger partial charge in [0.2, 0.25) is 0 Å². The number of hydrogen-bond donors (Lipinski definition) is 0. The van der Waals surface area contributed by atoms with Gasteiger partial charge in [0.1, 0.15) is 0 Å². The van der Waals surface area contributed by atoms with E-state index in [4.69, 9.17) is 23.2 Å². The van der Waals surface area contributed by atoms with Crippen LogP contribution in [-0.4, -0.2) is 5.38 Å². The first-order chi connectivity index (χ1) is 3.29. The van der Waals surface area contributed by atoms with Crippen LogP contribution in [0.3, 0.4) is 0 Å². The monoisotopic (exact) mass is 134 g/mol. The molecule has 0 heterocycles. The molecule has 0 N–H and O–H groups in total. The summed E-state index contributed by atoms with van der Waals surface area (Å²) in [7, 11) is 0. The zero-order valence-electron chi connectivity index (χ0n) is 3.57. The number of rotatable bonds is 0. The molecular formula is C5H4Cl2. The van der Waals surface area contributed by atoms with Crippen LogP contribution < -0.4 is 0 Å². The largest absolute Gasteiger partial charge is 0.114 e. The summed E-state index contributed by atoms with van der Waals surface area (Å²) >= 11 is 11.1. The van der Waals surface area contributed by atoms with Crippen LogP contribution in [0.5, 0.6) is 0 Å². The highest BCUT2D eigenvalue weighted by atomic mass is 35.5. The second-order valence-electron chi connectivity index (χ2n) is 1.36. The summed E-state index contributed by atoms with van der Waals surface area (Å²) in [6.07, 6.45) is 5.41. The van der Waals surface area contributed by atoms with Gasteiger partial charge in [-0.3, -0.25) is 0 Å². The first kappa shape index (κ1) is 5.20. The van der Waals surface area contributed by atoms with Crippen LogP contribution in [0, 0.1) is 0 Å². The maximum absolute atomic E-state index is 5.56. The topological polar surface area (TPSA) is 0 Å². The molecule has 1 rings (SSSR count). The predicted molar refractivity (Wildman–Crippen MR) is 32.7 cm³/mol. The van der Waals surface area contributed by atoms with E-state index in [1.807, 2.05) is 6.08 Å². The van der Waals surface area contributed by atoms with Gasteiger partial charge in [-0.05, 0) is 12.2 Å². The molecule has 0 bridgehead atoms. The van der Waals surface area contributed by atoms with Crippen molar-refractivity contribution in [3.8, 4) is 0 Å². The molecule has 1 aliphatic rings. The molecule has 2 heteroatoms. The summed E-state index contributed by atoms with van der Waals surface area (Å²) in [6.45, 7) is 0. The third-order valence-electron chi connectivity index (χ3n) is 0.758. The van der Waals surface area contributed by atoms with Crippen molar-refractivity contribution < 1.29 is 0 Å². The minimum atomic E-state index is 0.0208. The lowest BCUT2D eigenvalue weighted by atomic mass is 10.5. The lowest BCUT2D eigenvalue weighted by molar-refractivity contribution is 1.45. The van der Waals surface area contributed by atoms with Crippen molar-refractivity contribution in [2.45, 2.75) is 5.38 Å². The zero-order valence-corrected chi connectivity index (χ0v) is 5.08. The van der Waals surface area contributed by atoms with E-state index in [0.29, 0.717) is 0 Å². The predicted octanol–water partition coefficient (Wildman–Crippen LogP) is 2.29. The second-order valence-corrected chi connectivity index (χ2v) is 2.30. The molecule has 0 aromatic rings. The summed E-state index contributed by atoms with van der Waals surface area (Å²) in [5.41, 5.74) is 0. The Hall–Kier alpha value is 0.0600. The SMILES string of the molecule is ClC1=CC(Cl)C=C1. The van der Waals surface area contributed by atoms with Gasteiger partial charge in [-0.2, -0.15) is 0 Å². The normalized spacial score (nSPS) is 28.3. The third-order valence-corrected chi connectivity index (χ3v) is 1.28. The Bertz CT molecular complexity index is 124. The van der Waals surface area contributed by atoms with Gasteiger partial charge in [-0.1, -0.05) is 17.7 Å². The lowest BCUT2D eigenvalue weighted by Crippen LogP contribution is -1.77. The highest BCUT2D eigenvalue weighted by molar-refractivity contribution is 6.33. The highest BCUT2D eigenvalue weighted by Gasteiger charge is 2.00. The molecule has 1 atom stereocenters. The Labute approximate surface area is 52.4 Å². The van der Waals surface area contributed by atoms with Crippen LogP contribution in [-0.2, 0) is 0 Å². The van der Waals surface area contributed by atoms with Crippen LogP contribution >= 0.6 is 23.2 Å². The fraction of sp³-hybridized carbons (Fsp3) is 0.200. The maximum Gasteiger partial charge on any atom is 0.0717 e. The number of alkyl halides is 1. The number of halogens is 2. The summed E-state index contributed by atoms with van der Waals surface area (Å²) < 4.78 is 0. The number of hydrogen-bond acceptors (Lipinski definition) is 0. The highest BCUT2D eigenvalue weighted by Crippen LogP contribution is 2.16. The van der Waals surface area contributed by atoms with E-state index in [-0.39, 0.29) is 5.38 Å². The van der Waals surface area contributed by atoms with Crippen molar-refractivity contribution in [1.29, 1.82) is 0 Å². The molecule has 0 saturated heterocycles. The van der Waals surface area contributed by atoms with E-state index >= 15 is 0 Å². The van der Waals surface area contributed by atoms with Gasteiger partial charge in [0, 0.05) is 5.03 Å². The molecule has 0 nitrogen and oxygen atoms in total. The van der Waals surface area contributed by atoms with E-state index < -0.39 is 0 Å². The van der Waals surface area contributed by atoms with Crippen molar-refractivity contribution in [1.82, 2.24) is 0 Å². The smallest absolute Gasteiger partial charge is 0.0717 e. The average molecular weight is 135 g/mol. The van der Waals surface area contributed by atoms with Gasteiger partial charge in [0.05, 0.1) is 5.38 Å². The summed E-state index contributed by atoms with van der Waals surface area (Å²) in [6, 6.07) is 0. The van der Waals surface area contributed by atoms with Gasteiger partial charge in [0.15, 0.2) is 0 Å². The van der Waals surface area contributed by atoms with Gasteiger partial charge < -0.3 is 0 Å². The van der Waals surface area contributed by atoms with E-state index in [0.717, 1.165) is 5.03 Å². The molecule has 1 aliphatic carbocycles. The molecule has 0 radical (unpaired) electrons. The van der Waals surface area contributed by atoms with Crippen LogP contribution in [0.25, 0.3) is 0 Å². The van der Waals surface area contributed by atoms with Crippen LogP contribution in [0.1, 0.15) is 0 Å². The molecule has 0 aromatic carbocycles. The van der Waals surface area contributed by atoms with Gasteiger partial charge >= 0.3 is 0 Å². The molecule has 1 unspecified atom stereocenters. The van der Waals surface area contributed by atoms with Crippen molar-refractivity contribution >= 4 is 23.2 Å². The molecule has 0 amide bonds. The van der Waals surface area contributed by atoms with Crippen molar-refractivity contribution in [2.24, 2.45) is 0 Å². The number of allylic oxidation sites excluding steroid dienone is 4. The maximum atomic E-state index is 5.56. The Balaban J connectivity index is 2.69. The van der Waals surface area contributed by atoms with E-state index in [2.05, 4.69) is 0 Å². The Morgan fingerprint density at radius 1 is 1.57 bits per heavy atom. The van der Waals surface area contributed by atoms with E-state index in [9.17, 15) is 0 Å². The zero-order chi connectivity index (χ0) is 5.28. The molecule has 0 aliphatic heterocycles. The van der Waals surface area contributed by atoms with Crippen LogP contribution in [0.15, 0.2) is 23.3 Å².